The van der Waals surface area contributed by atoms with Gasteiger partial charge in [-0.3, -0.25) is 5.73 Å². The van der Waals surface area contributed by atoms with Crippen LogP contribution in [0.4, 0.5) is 10.1 Å². The lowest BCUT2D eigenvalue weighted by Gasteiger charge is -2.04. The van der Waals surface area contributed by atoms with Gasteiger partial charge in [0.05, 0.1) is 0 Å². The van der Waals surface area contributed by atoms with Crippen LogP contribution in [0.15, 0.2) is 42.5 Å². The highest BCUT2D eigenvalue weighted by atomic mass is 35.5. The maximum atomic E-state index is 12.8. The molecule has 0 aliphatic heterocycles. The van der Waals surface area contributed by atoms with Gasteiger partial charge >= 0.3 is 5.17 Å². The second-order valence-electron chi connectivity index (χ2n) is 3.99. The van der Waals surface area contributed by atoms with Gasteiger partial charge in [-0.25, -0.2) is 9.38 Å². The molecular weight excluding hydrogens is 318 g/mol. The number of thioether (sulfide) groups is 1. The first-order valence-corrected chi connectivity index (χ1v) is 7.51. The first-order valence-electron chi connectivity index (χ1n) is 5.77. The topological polar surface area (TPSA) is 40.0 Å². The molecule has 0 aromatic heterocycles. The molecule has 0 fully saturated rings. The average Bonchev–Trinajstić information content (AvgIpc) is 2.41. The van der Waals surface area contributed by atoms with Crippen molar-refractivity contribution in [3.8, 4) is 0 Å². The molecule has 2 aromatic carbocycles. The second kappa shape index (κ2) is 6.97. The van der Waals surface area contributed by atoms with Crippen molar-refractivity contribution in [2.24, 2.45) is 5.73 Å². The van der Waals surface area contributed by atoms with E-state index in [9.17, 15) is 4.39 Å². The molecule has 0 radical (unpaired) electrons. The highest BCUT2D eigenvalue weighted by molar-refractivity contribution is 8.12. The van der Waals surface area contributed by atoms with Crippen molar-refractivity contribution in [3.63, 3.8) is 0 Å². The Morgan fingerprint density at radius 2 is 1.70 bits per heavy atom. The number of nitrogens with two attached hydrogens (primary N) is 1. The van der Waals surface area contributed by atoms with E-state index in [0.717, 1.165) is 11.3 Å². The molecule has 0 unspecified atom stereocenters. The van der Waals surface area contributed by atoms with Crippen LogP contribution in [0.1, 0.15) is 5.56 Å². The van der Waals surface area contributed by atoms with E-state index >= 15 is 0 Å². The third kappa shape index (κ3) is 4.13. The summed E-state index contributed by atoms with van der Waals surface area (Å²) in [5.74, 6) is 0.267. The van der Waals surface area contributed by atoms with Crippen molar-refractivity contribution in [2.45, 2.75) is 5.75 Å². The van der Waals surface area contributed by atoms with E-state index in [1.807, 2.05) is 0 Å². The van der Waals surface area contributed by atoms with Crippen molar-refractivity contribution < 1.29 is 9.38 Å². The Labute approximate surface area is 130 Å². The summed E-state index contributed by atoms with van der Waals surface area (Å²) < 4.78 is 12.8. The molecule has 0 saturated carbocycles. The Kier molecular flexibility index (Phi) is 5.29. The smallest absolute Gasteiger partial charge is 0.281 e. The minimum atomic E-state index is -0.287. The van der Waals surface area contributed by atoms with Gasteiger partial charge in [-0.2, -0.15) is 0 Å². The van der Waals surface area contributed by atoms with Crippen LogP contribution in [-0.2, 0) is 5.75 Å². The van der Waals surface area contributed by atoms with Gasteiger partial charge in [0.2, 0.25) is 0 Å². The van der Waals surface area contributed by atoms with Crippen LogP contribution >= 0.6 is 35.0 Å². The largest absolute Gasteiger partial charge is 0.307 e. The van der Waals surface area contributed by atoms with E-state index in [1.165, 1.54) is 23.9 Å². The van der Waals surface area contributed by atoms with Crippen LogP contribution in [0.5, 0.6) is 0 Å². The Morgan fingerprint density at radius 1 is 1.10 bits per heavy atom. The van der Waals surface area contributed by atoms with E-state index in [4.69, 9.17) is 28.9 Å². The van der Waals surface area contributed by atoms with E-state index in [0.29, 0.717) is 21.0 Å². The summed E-state index contributed by atoms with van der Waals surface area (Å²) >= 11 is 13.5. The van der Waals surface area contributed by atoms with Crippen molar-refractivity contribution in [2.75, 3.05) is 0 Å². The second-order valence-corrected chi connectivity index (χ2v) is 5.82. The number of hydrogen-bond acceptors (Lipinski definition) is 1. The maximum Gasteiger partial charge on any atom is 0.307 e. The lowest BCUT2D eigenvalue weighted by atomic mass is 10.2. The van der Waals surface area contributed by atoms with Gasteiger partial charge in [-0.15, -0.1) is 0 Å². The molecule has 6 heteroatoms. The van der Waals surface area contributed by atoms with Crippen LogP contribution in [0.25, 0.3) is 0 Å². The van der Waals surface area contributed by atoms with E-state index in [-0.39, 0.29) is 5.82 Å². The van der Waals surface area contributed by atoms with Gasteiger partial charge in [-0.05, 0) is 53.7 Å². The van der Waals surface area contributed by atoms with Gasteiger partial charge in [0.1, 0.15) is 11.5 Å². The van der Waals surface area contributed by atoms with E-state index < -0.39 is 0 Å². The normalized spacial score (nSPS) is 11.7. The molecule has 104 valence electrons. The van der Waals surface area contributed by atoms with Crippen LogP contribution < -0.4 is 10.7 Å². The summed E-state index contributed by atoms with van der Waals surface area (Å²) in [6.07, 6.45) is 0. The summed E-state index contributed by atoms with van der Waals surface area (Å²) in [5.41, 5.74) is 7.44. The molecule has 0 saturated heterocycles. The Balaban J connectivity index is 2.05. The van der Waals surface area contributed by atoms with Gasteiger partial charge in [0, 0.05) is 15.8 Å². The van der Waals surface area contributed by atoms with Crippen LogP contribution in [-0.4, -0.2) is 5.17 Å². The minimum Gasteiger partial charge on any atom is -0.281 e. The third-order valence-electron chi connectivity index (χ3n) is 2.55. The van der Waals surface area contributed by atoms with Crippen molar-refractivity contribution in [1.82, 2.24) is 0 Å². The molecular formula is C14H12Cl2FN2S+. The number of benzene rings is 2. The molecule has 20 heavy (non-hydrogen) atoms. The van der Waals surface area contributed by atoms with E-state index in [2.05, 4.69) is 4.99 Å². The first-order chi connectivity index (χ1) is 9.56. The van der Waals surface area contributed by atoms with Crippen LogP contribution in [0.3, 0.4) is 0 Å². The Morgan fingerprint density at radius 3 is 2.30 bits per heavy atom. The molecule has 0 bridgehead atoms. The fourth-order valence-electron chi connectivity index (χ4n) is 1.53. The molecule has 0 spiro atoms. The quantitative estimate of drug-likeness (QED) is 0.671. The van der Waals surface area contributed by atoms with Crippen molar-refractivity contribution >= 4 is 45.8 Å². The molecule has 3 N–H and O–H groups in total. The van der Waals surface area contributed by atoms with Gasteiger partial charge in [-0.1, -0.05) is 29.3 Å². The first kappa shape index (κ1) is 15.2. The summed E-state index contributed by atoms with van der Waals surface area (Å²) in [5, 5.41) is 1.71. The van der Waals surface area contributed by atoms with Gasteiger partial charge in [0.15, 0.2) is 0 Å². The monoisotopic (exact) mass is 329 g/mol. The molecule has 0 aliphatic rings. The molecule has 2 rings (SSSR count). The molecule has 2 nitrogen and oxygen atoms in total. The lowest BCUT2D eigenvalue weighted by Crippen LogP contribution is -2.68. The Hall–Kier alpha value is -1.23. The number of amidine groups is 1. The summed E-state index contributed by atoms with van der Waals surface area (Å²) in [6.45, 7) is 0. The molecule has 0 amide bonds. The number of halogens is 3. The predicted molar refractivity (Wildman–Crippen MR) is 84.0 cm³/mol. The van der Waals surface area contributed by atoms with Crippen molar-refractivity contribution in [1.29, 1.82) is 0 Å². The molecule has 2 aromatic rings. The zero-order valence-electron chi connectivity index (χ0n) is 10.4. The van der Waals surface area contributed by atoms with Crippen molar-refractivity contribution in [3.05, 3.63) is 63.9 Å². The molecule has 0 atom stereocenters. The fourth-order valence-corrected chi connectivity index (χ4v) is 3.02. The zero-order chi connectivity index (χ0) is 14.5. The fraction of sp³-hybridized carbons (Fsp3) is 0.0714. The molecule has 0 aliphatic carbocycles. The van der Waals surface area contributed by atoms with Crippen LogP contribution in [0, 0.1) is 5.82 Å². The third-order valence-corrected chi connectivity index (χ3v) is 4.10. The van der Waals surface area contributed by atoms with E-state index in [1.54, 1.807) is 30.3 Å². The number of hydrogen-bond donors (Lipinski definition) is 2. The lowest BCUT2D eigenvalue weighted by molar-refractivity contribution is -0.351. The molecule has 0 heterocycles. The summed E-state index contributed by atoms with van der Waals surface area (Å²) in [7, 11) is 0. The summed E-state index contributed by atoms with van der Waals surface area (Å²) in [6, 6.07) is 11.3. The zero-order valence-corrected chi connectivity index (χ0v) is 12.7. The number of rotatable bonds is 3. The highest BCUT2D eigenvalue weighted by Gasteiger charge is 2.09. The Bertz CT molecular complexity index is 609. The van der Waals surface area contributed by atoms with Crippen LogP contribution in [0.2, 0.25) is 10.0 Å². The van der Waals surface area contributed by atoms with Gasteiger partial charge in [0.25, 0.3) is 0 Å². The SMILES string of the molecule is NC(=[NH+]c1ccc(F)cc1)SCc1c(Cl)cccc1Cl. The number of nitrogens with one attached hydrogen (secondary N) is 1. The average molecular weight is 330 g/mol. The minimum absolute atomic E-state index is 0.287. The highest BCUT2D eigenvalue weighted by Crippen LogP contribution is 2.27. The maximum absolute atomic E-state index is 12.8. The predicted octanol–water partition coefficient (Wildman–Crippen LogP) is 3.09. The van der Waals surface area contributed by atoms with Gasteiger partial charge < -0.3 is 0 Å². The standard InChI is InChI=1S/C14H11Cl2FN2S/c15-12-2-1-3-13(16)11(12)8-20-14(18)19-10-6-4-9(17)5-7-10/h1-7H,8H2,(H2,18,19)/p+1. The summed E-state index contributed by atoms with van der Waals surface area (Å²) in [4.78, 5) is 2.98.